The number of methoxy groups -OCH3 is 2. The van der Waals surface area contributed by atoms with Crippen molar-refractivity contribution in [3.63, 3.8) is 0 Å². The normalized spacial score (nSPS) is 10.6. The minimum atomic E-state index is -0.303. The lowest BCUT2D eigenvalue weighted by Crippen LogP contribution is -2.28. The molecular weight excluding hydrogens is 472 g/mol. The Morgan fingerprint density at radius 2 is 1.73 bits per heavy atom. The molecule has 0 radical (unpaired) electrons. The molecule has 0 bridgehead atoms. The van der Waals surface area contributed by atoms with Gasteiger partial charge in [-0.15, -0.1) is 0 Å². The lowest BCUT2D eigenvalue weighted by atomic mass is 10.1. The van der Waals surface area contributed by atoms with Crippen molar-refractivity contribution in [3.8, 4) is 22.9 Å². The smallest absolute Gasteiger partial charge is 0.254 e. The van der Waals surface area contributed by atoms with Crippen LogP contribution in [0.4, 0.5) is 0 Å². The summed E-state index contributed by atoms with van der Waals surface area (Å²) >= 11 is 0. The average Bonchev–Trinajstić information content (AvgIpc) is 3.48. The topological polar surface area (TPSA) is 107 Å². The molecule has 2 amide bonds. The highest BCUT2D eigenvalue weighted by atomic mass is 16.5. The predicted molar refractivity (Wildman–Crippen MR) is 138 cm³/mol. The Balaban J connectivity index is 1.38. The number of carbonyl (C=O) groups is 2. The summed E-state index contributed by atoms with van der Waals surface area (Å²) in [5.41, 5.74) is 2.57. The molecule has 4 rings (SSSR count). The van der Waals surface area contributed by atoms with E-state index >= 15 is 0 Å². The highest BCUT2D eigenvalue weighted by molar-refractivity contribution is 5.95. The van der Waals surface area contributed by atoms with Crippen LogP contribution in [0.5, 0.6) is 11.5 Å². The average molecular weight is 501 g/mol. The molecular formula is C28H28N4O5. The number of benzene rings is 2. The molecule has 0 fully saturated rings. The van der Waals surface area contributed by atoms with Gasteiger partial charge in [0.1, 0.15) is 5.76 Å². The van der Waals surface area contributed by atoms with Gasteiger partial charge in [-0.2, -0.15) is 0 Å². The van der Waals surface area contributed by atoms with Gasteiger partial charge in [0.15, 0.2) is 17.3 Å². The number of nitrogens with one attached hydrogen (secondary N) is 1. The number of carbonyl (C=O) groups excluding carboxylic acids is 2. The van der Waals surface area contributed by atoms with E-state index in [9.17, 15) is 9.59 Å². The third-order valence-corrected chi connectivity index (χ3v) is 5.82. The van der Waals surface area contributed by atoms with Crippen molar-refractivity contribution in [1.29, 1.82) is 0 Å². The standard InChI is InChI=1S/C28H28N4O5/c1-32(12-11-19-9-10-24(35-2)25(14-19)36-3)28(34)21-7-4-6-20(15-21)26-29-16-22(17-30-26)27(33)31-18-23-8-5-13-37-23/h4-10,13-17H,11-12,18H2,1-3H3,(H,31,33). The molecule has 2 aromatic heterocycles. The third-order valence-electron chi connectivity index (χ3n) is 5.82. The maximum Gasteiger partial charge on any atom is 0.254 e. The van der Waals surface area contributed by atoms with Crippen LogP contribution < -0.4 is 14.8 Å². The summed E-state index contributed by atoms with van der Waals surface area (Å²) in [5, 5.41) is 2.76. The van der Waals surface area contributed by atoms with Crippen molar-refractivity contribution in [3.05, 3.63) is 95.7 Å². The van der Waals surface area contributed by atoms with Crippen molar-refractivity contribution < 1.29 is 23.5 Å². The largest absolute Gasteiger partial charge is 0.493 e. The Morgan fingerprint density at radius 1 is 0.946 bits per heavy atom. The predicted octanol–water partition coefficient (Wildman–Crippen LogP) is 4.00. The Labute approximate surface area is 215 Å². The van der Waals surface area contributed by atoms with Gasteiger partial charge >= 0.3 is 0 Å². The first-order valence-electron chi connectivity index (χ1n) is 11.7. The van der Waals surface area contributed by atoms with Gasteiger partial charge in [0.25, 0.3) is 11.8 Å². The zero-order chi connectivity index (χ0) is 26.2. The number of hydrogen-bond acceptors (Lipinski definition) is 7. The minimum Gasteiger partial charge on any atom is -0.493 e. The van der Waals surface area contributed by atoms with Crippen molar-refractivity contribution >= 4 is 11.8 Å². The fraction of sp³-hybridized carbons (Fsp3) is 0.214. The number of likely N-dealkylation sites (N-methyl/N-ethyl adjacent to an activating group) is 1. The van der Waals surface area contributed by atoms with E-state index in [0.717, 1.165) is 5.56 Å². The van der Waals surface area contributed by atoms with Crippen LogP contribution in [-0.4, -0.2) is 54.5 Å². The second-order valence-electron chi connectivity index (χ2n) is 8.30. The molecule has 0 saturated carbocycles. The molecule has 4 aromatic rings. The molecule has 1 N–H and O–H groups in total. The maximum absolute atomic E-state index is 13.1. The SMILES string of the molecule is COc1ccc(CCN(C)C(=O)c2cccc(-c3ncc(C(=O)NCc4ccco4)cn3)c2)cc1OC. The molecule has 0 aliphatic heterocycles. The first-order chi connectivity index (χ1) is 18.0. The van der Waals surface area contributed by atoms with Gasteiger partial charge in [0, 0.05) is 37.1 Å². The van der Waals surface area contributed by atoms with Gasteiger partial charge < -0.3 is 24.1 Å². The van der Waals surface area contributed by atoms with Gasteiger partial charge in [0.2, 0.25) is 0 Å². The molecule has 0 spiro atoms. The number of aromatic nitrogens is 2. The monoisotopic (exact) mass is 500 g/mol. The second kappa shape index (κ2) is 11.9. The van der Waals surface area contributed by atoms with Gasteiger partial charge in [-0.1, -0.05) is 18.2 Å². The van der Waals surface area contributed by atoms with Crippen LogP contribution in [0.2, 0.25) is 0 Å². The number of furan rings is 1. The maximum atomic E-state index is 13.1. The fourth-order valence-electron chi connectivity index (χ4n) is 3.72. The second-order valence-corrected chi connectivity index (χ2v) is 8.30. The molecule has 0 saturated heterocycles. The lowest BCUT2D eigenvalue weighted by Gasteiger charge is -2.18. The Hall–Kier alpha value is -4.66. The first kappa shape index (κ1) is 25.4. The van der Waals surface area contributed by atoms with Crippen molar-refractivity contribution in [1.82, 2.24) is 20.2 Å². The Bertz CT molecular complexity index is 1350. The summed E-state index contributed by atoms with van der Waals surface area (Å²) in [6.45, 7) is 0.800. The number of amides is 2. The van der Waals surface area contributed by atoms with Crippen LogP contribution in [-0.2, 0) is 13.0 Å². The van der Waals surface area contributed by atoms with E-state index in [0.29, 0.717) is 52.7 Å². The van der Waals surface area contributed by atoms with Crippen LogP contribution in [0.1, 0.15) is 32.0 Å². The van der Waals surface area contributed by atoms with Gasteiger partial charge in [0.05, 0.1) is 32.6 Å². The molecule has 9 nitrogen and oxygen atoms in total. The van der Waals surface area contributed by atoms with Gasteiger partial charge in [-0.05, 0) is 48.4 Å². The summed E-state index contributed by atoms with van der Waals surface area (Å²) in [7, 11) is 4.96. The van der Waals surface area contributed by atoms with Crippen molar-refractivity contribution in [2.75, 3.05) is 27.8 Å². The first-order valence-corrected chi connectivity index (χ1v) is 11.7. The fourth-order valence-corrected chi connectivity index (χ4v) is 3.72. The van der Waals surface area contributed by atoms with Crippen LogP contribution in [0, 0.1) is 0 Å². The van der Waals surface area contributed by atoms with Crippen LogP contribution in [0.25, 0.3) is 11.4 Å². The highest BCUT2D eigenvalue weighted by Crippen LogP contribution is 2.27. The lowest BCUT2D eigenvalue weighted by molar-refractivity contribution is 0.0796. The zero-order valence-corrected chi connectivity index (χ0v) is 20.9. The van der Waals surface area contributed by atoms with E-state index in [-0.39, 0.29) is 18.4 Å². The van der Waals surface area contributed by atoms with E-state index in [4.69, 9.17) is 13.9 Å². The van der Waals surface area contributed by atoms with Crippen LogP contribution >= 0.6 is 0 Å². The highest BCUT2D eigenvalue weighted by Gasteiger charge is 2.15. The zero-order valence-electron chi connectivity index (χ0n) is 20.9. The van der Waals surface area contributed by atoms with E-state index < -0.39 is 0 Å². The molecule has 2 heterocycles. The molecule has 0 aliphatic rings. The Kier molecular flexibility index (Phi) is 8.15. The molecule has 2 aromatic carbocycles. The Morgan fingerprint density at radius 3 is 2.43 bits per heavy atom. The summed E-state index contributed by atoms with van der Waals surface area (Å²) in [4.78, 5) is 35.7. The number of ether oxygens (including phenoxy) is 2. The van der Waals surface area contributed by atoms with Gasteiger partial charge in [-0.25, -0.2) is 9.97 Å². The molecule has 190 valence electrons. The van der Waals surface area contributed by atoms with E-state index in [1.54, 1.807) is 62.8 Å². The van der Waals surface area contributed by atoms with Crippen LogP contribution in [0.3, 0.4) is 0 Å². The minimum absolute atomic E-state index is 0.115. The summed E-state index contributed by atoms with van der Waals surface area (Å²) < 4.78 is 15.9. The van der Waals surface area contributed by atoms with Crippen molar-refractivity contribution in [2.45, 2.75) is 13.0 Å². The molecule has 0 unspecified atom stereocenters. The van der Waals surface area contributed by atoms with E-state index in [2.05, 4.69) is 15.3 Å². The van der Waals surface area contributed by atoms with E-state index in [1.807, 2.05) is 24.3 Å². The van der Waals surface area contributed by atoms with E-state index in [1.165, 1.54) is 12.4 Å². The number of nitrogens with zero attached hydrogens (tertiary/aromatic N) is 3. The van der Waals surface area contributed by atoms with Crippen molar-refractivity contribution in [2.24, 2.45) is 0 Å². The third kappa shape index (κ3) is 6.32. The quantitative estimate of drug-likeness (QED) is 0.351. The molecule has 9 heteroatoms. The van der Waals surface area contributed by atoms with Gasteiger partial charge in [-0.3, -0.25) is 9.59 Å². The summed E-state index contributed by atoms with van der Waals surface area (Å²) in [6.07, 6.45) is 5.14. The molecule has 37 heavy (non-hydrogen) atoms. The summed E-state index contributed by atoms with van der Waals surface area (Å²) in [5.74, 6) is 1.98. The molecule has 0 atom stereocenters. The number of rotatable bonds is 10. The number of hydrogen-bond donors (Lipinski definition) is 1. The molecule has 0 aliphatic carbocycles. The van der Waals surface area contributed by atoms with Crippen LogP contribution in [0.15, 0.2) is 77.7 Å². The summed E-state index contributed by atoms with van der Waals surface area (Å²) in [6, 6.07) is 16.4.